The largest absolute Gasteiger partial charge is 0.355 e. The van der Waals surface area contributed by atoms with Crippen molar-refractivity contribution in [1.82, 2.24) is 19.1 Å². The van der Waals surface area contributed by atoms with Gasteiger partial charge < -0.3 is 14.8 Å². The van der Waals surface area contributed by atoms with Gasteiger partial charge in [0.25, 0.3) is 0 Å². The SMILES string of the molecule is CCn1ccc2cc(S(=O)(=O)N3CCC(C(=O)NCCN4CCCCC4)CC3)ccc21. The molecular formula is C23H34N4O3S. The molecular weight excluding hydrogens is 412 g/mol. The first-order valence-corrected chi connectivity index (χ1v) is 13.0. The highest BCUT2D eigenvalue weighted by Crippen LogP contribution is 2.27. The molecule has 2 fully saturated rings. The van der Waals surface area contributed by atoms with Gasteiger partial charge in [0.1, 0.15) is 0 Å². The van der Waals surface area contributed by atoms with Crippen molar-refractivity contribution in [3.63, 3.8) is 0 Å². The maximum absolute atomic E-state index is 13.1. The minimum atomic E-state index is -3.55. The molecule has 0 unspecified atom stereocenters. The number of hydrogen-bond donors (Lipinski definition) is 1. The lowest BCUT2D eigenvalue weighted by molar-refractivity contribution is -0.126. The quantitative estimate of drug-likeness (QED) is 0.710. The van der Waals surface area contributed by atoms with Crippen molar-refractivity contribution in [2.75, 3.05) is 39.3 Å². The van der Waals surface area contributed by atoms with E-state index in [0.717, 1.165) is 37.1 Å². The van der Waals surface area contributed by atoms with E-state index in [1.807, 2.05) is 18.3 Å². The number of carbonyl (C=O) groups is 1. The van der Waals surface area contributed by atoms with Crippen LogP contribution in [0.15, 0.2) is 35.4 Å². The molecule has 0 bridgehead atoms. The molecule has 7 nitrogen and oxygen atoms in total. The van der Waals surface area contributed by atoms with E-state index in [0.29, 0.717) is 37.4 Å². The van der Waals surface area contributed by atoms with Gasteiger partial charge in [0.2, 0.25) is 15.9 Å². The van der Waals surface area contributed by atoms with Crippen molar-refractivity contribution >= 4 is 26.8 Å². The Kier molecular flexibility index (Phi) is 6.99. The normalized spacial score (nSPS) is 19.6. The van der Waals surface area contributed by atoms with Gasteiger partial charge in [-0.25, -0.2) is 8.42 Å². The van der Waals surface area contributed by atoms with Gasteiger partial charge >= 0.3 is 0 Å². The maximum Gasteiger partial charge on any atom is 0.243 e. The van der Waals surface area contributed by atoms with Crippen molar-refractivity contribution in [2.24, 2.45) is 5.92 Å². The molecule has 0 atom stereocenters. The van der Waals surface area contributed by atoms with Gasteiger partial charge in [-0.2, -0.15) is 4.31 Å². The van der Waals surface area contributed by atoms with E-state index in [1.54, 1.807) is 12.1 Å². The van der Waals surface area contributed by atoms with E-state index in [-0.39, 0.29) is 11.8 Å². The van der Waals surface area contributed by atoms with E-state index in [1.165, 1.54) is 23.6 Å². The molecule has 1 amide bonds. The number of sulfonamides is 1. The third-order valence-corrected chi connectivity index (χ3v) is 8.62. The molecule has 0 saturated carbocycles. The lowest BCUT2D eigenvalue weighted by Gasteiger charge is -2.31. The fourth-order valence-electron chi connectivity index (χ4n) is 4.79. The molecule has 2 aliphatic heterocycles. The van der Waals surface area contributed by atoms with Crippen molar-refractivity contribution < 1.29 is 13.2 Å². The molecule has 0 spiro atoms. The number of rotatable bonds is 7. The molecule has 2 aliphatic rings. The second-order valence-electron chi connectivity index (χ2n) is 8.69. The Morgan fingerprint density at radius 2 is 1.81 bits per heavy atom. The lowest BCUT2D eigenvalue weighted by atomic mass is 9.97. The molecule has 170 valence electrons. The molecule has 1 N–H and O–H groups in total. The summed E-state index contributed by atoms with van der Waals surface area (Å²) in [6, 6.07) is 7.30. The van der Waals surface area contributed by atoms with E-state index in [2.05, 4.69) is 21.7 Å². The Morgan fingerprint density at radius 1 is 1.06 bits per heavy atom. The zero-order chi connectivity index (χ0) is 21.8. The number of aromatic nitrogens is 1. The minimum absolute atomic E-state index is 0.0661. The molecule has 4 rings (SSSR count). The third-order valence-electron chi connectivity index (χ3n) is 6.72. The van der Waals surface area contributed by atoms with Gasteiger partial charge in [-0.15, -0.1) is 0 Å². The topological polar surface area (TPSA) is 74.6 Å². The molecule has 8 heteroatoms. The summed E-state index contributed by atoms with van der Waals surface area (Å²) in [5.41, 5.74) is 1.04. The average molecular weight is 447 g/mol. The van der Waals surface area contributed by atoms with Crippen LogP contribution in [0.5, 0.6) is 0 Å². The van der Waals surface area contributed by atoms with Gasteiger partial charge in [-0.05, 0) is 70.0 Å². The molecule has 1 aromatic heterocycles. The summed E-state index contributed by atoms with van der Waals surface area (Å²) in [6.45, 7) is 7.53. The van der Waals surface area contributed by atoms with Crippen LogP contribution in [0.2, 0.25) is 0 Å². The number of hydrogen-bond acceptors (Lipinski definition) is 4. The fourth-order valence-corrected chi connectivity index (χ4v) is 6.29. The van der Waals surface area contributed by atoms with Gasteiger partial charge in [-0.1, -0.05) is 6.42 Å². The van der Waals surface area contributed by atoms with Crippen LogP contribution < -0.4 is 5.32 Å². The monoisotopic (exact) mass is 446 g/mol. The van der Waals surface area contributed by atoms with Crippen LogP contribution in [0.25, 0.3) is 10.9 Å². The van der Waals surface area contributed by atoms with E-state index >= 15 is 0 Å². The Labute approximate surface area is 185 Å². The summed E-state index contributed by atoms with van der Waals surface area (Å²) >= 11 is 0. The van der Waals surface area contributed by atoms with Crippen LogP contribution >= 0.6 is 0 Å². The Morgan fingerprint density at radius 3 is 2.52 bits per heavy atom. The first-order valence-electron chi connectivity index (χ1n) is 11.6. The predicted octanol–water partition coefficient (Wildman–Crippen LogP) is 2.66. The maximum atomic E-state index is 13.1. The number of amides is 1. The van der Waals surface area contributed by atoms with Crippen molar-refractivity contribution in [1.29, 1.82) is 0 Å². The van der Waals surface area contributed by atoms with Crippen molar-refractivity contribution in [3.05, 3.63) is 30.5 Å². The second-order valence-corrected chi connectivity index (χ2v) is 10.6. The minimum Gasteiger partial charge on any atom is -0.355 e. The number of likely N-dealkylation sites (tertiary alicyclic amines) is 1. The Hall–Kier alpha value is -1.90. The highest BCUT2D eigenvalue weighted by atomic mass is 32.2. The number of nitrogens with one attached hydrogen (secondary N) is 1. The summed E-state index contributed by atoms with van der Waals surface area (Å²) < 4.78 is 29.9. The average Bonchev–Trinajstić information content (AvgIpc) is 3.22. The van der Waals surface area contributed by atoms with Gasteiger partial charge in [0, 0.05) is 55.7 Å². The highest BCUT2D eigenvalue weighted by molar-refractivity contribution is 7.89. The van der Waals surface area contributed by atoms with Crippen LogP contribution in [-0.4, -0.2) is 67.4 Å². The number of carbonyl (C=O) groups excluding carboxylic acids is 1. The summed E-state index contributed by atoms with van der Waals surface area (Å²) in [5.74, 6) is -0.0368. The summed E-state index contributed by atoms with van der Waals surface area (Å²) in [5, 5.41) is 4.00. The zero-order valence-electron chi connectivity index (χ0n) is 18.4. The van der Waals surface area contributed by atoms with Crippen LogP contribution in [0.4, 0.5) is 0 Å². The molecule has 2 saturated heterocycles. The third kappa shape index (κ3) is 4.96. The molecule has 0 radical (unpaired) electrons. The number of piperidine rings is 2. The molecule has 2 aromatic rings. The van der Waals surface area contributed by atoms with Gasteiger partial charge in [0.05, 0.1) is 4.90 Å². The fraction of sp³-hybridized carbons (Fsp3) is 0.609. The standard InChI is InChI=1S/C23H34N4O3S/c1-2-26-14-8-20-18-21(6-7-22(20)26)31(29,30)27-15-9-19(10-16-27)23(28)24-11-17-25-12-4-3-5-13-25/h6-8,14,18-19H,2-5,9-13,15-17H2,1H3,(H,24,28). The van der Waals surface area contributed by atoms with Crippen LogP contribution in [0, 0.1) is 5.92 Å². The van der Waals surface area contributed by atoms with E-state index in [4.69, 9.17) is 0 Å². The van der Waals surface area contributed by atoms with E-state index in [9.17, 15) is 13.2 Å². The number of nitrogens with zero attached hydrogens (tertiary/aromatic N) is 3. The molecule has 31 heavy (non-hydrogen) atoms. The van der Waals surface area contributed by atoms with Gasteiger partial charge in [0.15, 0.2) is 0 Å². The summed E-state index contributed by atoms with van der Waals surface area (Å²) in [4.78, 5) is 15.3. The summed E-state index contributed by atoms with van der Waals surface area (Å²) in [6.07, 6.45) is 6.93. The second kappa shape index (κ2) is 9.71. The van der Waals surface area contributed by atoms with Crippen molar-refractivity contribution in [3.8, 4) is 0 Å². The first-order chi connectivity index (χ1) is 15.0. The van der Waals surface area contributed by atoms with Crippen LogP contribution in [0.1, 0.15) is 39.0 Å². The number of fused-ring (bicyclic) bond motifs is 1. The highest BCUT2D eigenvalue weighted by Gasteiger charge is 2.32. The van der Waals surface area contributed by atoms with Crippen molar-refractivity contribution in [2.45, 2.75) is 50.5 Å². The molecule has 3 heterocycles. The number of aryl methyl sites for hydroxylation is 1. The Bertz CT molecular complexity index is 1000. The van der Waals surface area contributed by atoms with Crippen LogP contribution in [0.3, 0.4) is 0 Å². The first kappa shape index (κ1) is 22.3. The molecule has 1 aromatic carbocycles. The summed E-state index contributed by atoms with van der Waals surface area (Å²) in [7, 11) is -3.55. The predicted molar refractivity (Wildman–Crippen MR) is 122 cm³/mol. The lowest BCUT2D eigenvalue weighted by Crippen LogP contribution is -2.44. The van der Waals surface area contributed by atoms with Crippen LogP contribution in [-0.2, 0) is 21.4 Å². The smallest absolute Gasteiger partial charge is 0.243 e. The zero-order valence-corrected chi connectivity index (χ0v) is 19.2. The number of benzene rings is 1. The van der Waals surface area contributed by atoms with E-state index < -0.39 is 10.0 Å². The Balaban J connectivity index is 1.30. The van der Waals surface area contributed by atoms with Gasteiger partial charge in [-0.3, -0.25) is 4.79 Å². The molecule has 0 aliphatic carbocycles.